The van der Waals surface area contributed by atoms with Gasteiger partial charge < -0.3 is 10.0 Å². The van der Waals surface area contributed by atoms with Crippen LogP contribution in [0.25, 0.3) is 0 Å². The van der Waals surface area contributed by atoms with Crippen molar-refractivity contribution in [3.05, 3.63) is 0 Å². The van der Waals surface area contributed by atoms with Gasteiger partial charge in [0.2, 0.25) is 5.91 Å². The predicted octanol–water partition coefficient (Wildman–Crippen LogP) is 0.967. The average molecular weight is 205 g/mol. The highest BCUT2D eigenvalue weighted by molar-refractivity contribution is 8.00. The van der Waals surface area contributed by atoms with Crippen LogP contribution in [-0.2, 0) is 4.79 Å². The van der Waals surface area contributed by atoms with Crippen LogP contribution in [0.3, 0.4) is 0 Å². The Balaban J connectivity index is 3.82. The smallest absolute Gasteiger partial charge is 0.232 e. The molecule has 1 amide bonds. The molecule has 0 rings (SSSR count). The second-order valence-corrected chi connectivity index (χ2v) is 4.96. The largest absolute Gasteiger partial charge is 0.394 e. The van der Waals surface area contributed by atoms with E-state index in [1.807, 2.05) is 6.92 Å². The molecule has 0 fully saturated rings. The Morgan fingerprint density at radius 1 is 1.46 bits per heavy atom. The second-order valence-electron chi connectivity index (χ2n) is 3.40. The molecule has 0 aromatic carbocycles. The maximum absolute atomic E-state index is 11.4. The Hall–Kier alpha value is -0.220. The highest BCUT2D eigenvalue weighted by Gasteiger charge is 2.14. The van der Waals surface area contributed by atoms with E-state index in [9.17, 15) is 4.79 Å². The third-order valence-electron chi connectivity index (χ3n) is 1.86. The van der Waals surface area contributed by atoms with Gasteiger partial charge in [0.1, 0.15) is 0 Å². The molecule has 78 valence electrons. The summed E-state index contributed by atoms with van der Waals surface area (Å²) in [6.07, 6.45) is 0. The summed E-state index contributed by atoms with van der Waals surface area (Å²) in [6, 6.07) is -0.0831. The van der Waals surface area contributed by atoms with Gasteiger partial charge >= 0.3 is 0 Å². The topological polar surface area (TPSA) is 40.5 Å². The number of nitrogens with zero attached hydrogens (tertiary/aromatic N) is 1. The number of aliphatic hydroxyl groups is 1. The zero-order chi connectivity index (χ0) is 10.4. The van der Waals surface area contributed by atoms with Gasteiger partial charge in [-0.25, -0.2) is 0 Å². The predicted molar refractivity (Wildman–Crippen MR) is 56.9 cm³/mol. The van der Waals surface area contributed by atoms with Crippen molar-refractivity contribution in [2.24, 2.45) is 0 Å². The molecule has 0 saturated heterocycles. The van der Waals surface area contributed by atoms with Crippen LogP contribution in [0.4, 0.5) is 0 Å². The van der Waals surface area contributed by atoms with Crippen LogP contribution >= 0.6 is 11.8 Å². The van der Waals surface area contributed by atoms with Crippen molar-refractivity contribution < 1.29 is 9.90 Å². The molecule has 0 spiro atoms. The van der Waals surface area contributed by atoms with E-state index in [4.69, 9.17) is 5.11 Å². The third kappa shape index (κ3) is 5.16. The summed E-state index contributed by atoms with van der Waals surface area (Å²) in [5.41, 5.74) is 0. The summed E-state index contributed by atoms with van der Waals surface area (Å²) in [5, 5.41) is 9.30. The summed E-state index contributed by atoms with van der Waals surface area (Å²) in [6.45, 7) is 5.98. The summed E-state index contributed by atoms with van der Waals surface area (Å²) in [5.74, 6) is 0.582. The molecule has 13 heavy (non-hydrogen) atoms. The number of hydrogen-bond acceptors (Lipinski definition) is 3. The molecule has 1 N–H and O–H groups in total. The van der Waals surface area contributed by atoms with E-state index in [0.29, 0.717) is 11.0 Å². The normalized spacial score (nSPS) is 13.1. The number of carbonyl (C=O) groups is 1. The molecular formula is C9H19NO2S. The van der Waals surface area contributed by atoms with Crippen LogP contribution in [0, 0.1) is 0 Å². The van der Waals surface area contributed by atoms with Crippen LogP contribution < -0.4 is 0 Å². The zero-order valence-corrected chi connectivity index (χ0v) is 9.60. The van der Waals surface area contributed by atoms with Gasteiger partial charge in [-0.15, -0.1) is 11.8 Å². The van der Waals surface area contributed by atoms with E-state index in [2.05, 4.69) is 13.8 Å². The van der Waals surface area contributed by atoms with Gasteiger partial charge in [-0.3, -0.25) is 4.79 Å². The first kappa shape index (κ1) is 12.8. The average Bonchev–Trinajstić information content (AvgIpc) is 2.11. The van der Waals surface area contributed by atoms with Gasteiger partial charge in [-0.1, -0.05) is 13.8 Å². The molecule has 0 saturated carbocycles. The van der Waals surface area contributed by atoms with Crippen molar-refractivity contribution in [3.63, 3.8) is 0 Å². The zero-order valence-electron chi connectivity index (χ0n) is 8.78. The SMILES string of the molecule is CC(C)SCC(=O)N(C)C(C)CO. The van der Waals surface area contributed by atoms with Crippen LogP contribution in [0.5, 0.6) is 0 Å². The molecule has 0 aliphatic rings. The van der Waals surface area contributed by atoms with Crippen LogP contribution in [-0.4, -0.2) is 46.6 Å². The molecule has 1 atom stereocenters. The van der Waals surface area contributed by atoms with Gasteiger partial charge in [-0.2, -0.15) is 0 Å². The van der Waals surface area contributed by atoms with Crippen molar-refractivity contribution in [2.75, 3.05) is 19.4 Å². The quantitative estimate of drug-likeness (QED) is 0.727. The van der Waals surface area contributed by atoms with Crippen LogP contribution in [0.15, 0.2) is 0 Å². The summed E-state index contributed by atoms with van der Waals surface area (Å²) in [7, 11) is 1.73. The van der Waals surface area contributed by atoms with Gasteiger partial charge in [0.25, 0.3) is 0 Å². The monoisotopic (exact) mass is 205 g/mol. The van der Waals surface area contributed by atoms with E-state index in [1.54, 1.807) is 23.7 Å². The molecule has 1 unspecified atom stereocenters. The van der Waals surface area contributed by atoms with E-state index in [1.165, 1.54) is 0 Å². The van der Waals surface area contributed by atoms with Crippen molar-refractivity contribution in [1.82, 2.24) is 4.90 Å². The van der Waals surface area contributed by atoms with Crippen LogP contribution in [0.1, 0.15) is 20.8 Å². The maximum atomic E-state index is 11.4. The second kappa shape index (κ2) is 6.27. The fraction of sp³-hybridized carbons (Fsp3) is 0.889. The fourth-order valence-electron chi connectivity index (χ4n) is 0.708. The Morgan fingerprint density at radius 2 is 2.00 bits per heavy atom. The molecule has 0 aromatic rings. The van der Waals surface area contributed by atoms with Gasteiger partial charge in [0.05, 0.1) is 18.4 Å². The molecule has 0 heterocycles. The minimum atomic E-state index is -0.0831. The van der Waals surface area contributed by atoms with Crippen LogP contribution in [0.2, 0.25) is 0 Å². The minimum absolute atomic E-state index is 0.0224. The number of carbonyl (C=O) groups excluding carboxylic acids is 1. The lowest BCUT2D eigenvalue weighted by Gasteiger charge is -2.23. The summed E-state index contributed by atoms with van der Waals surface area (Å²) in [4.78, 5) is 13.0. The number of aliphatic hydroxyl groups excluding tert-OH is 1. The Bertz CT molecular complexity index is 162. The van der Waals surface area contributed by atoms with Crippen molar-refractivity contribution in [1.29, 1.82) is 0 Å². The van der Waals surface area contributed by atoms with Crippen molar-refractivity contribution >= 4 is 17.7 Å². The lowest BCUT2D eigenvalue weighted by Crippen LogP contribution is -2.38. The Labute approximate surface area is 84.5 Å². The van der Waals surface area contributed by atoms with Crippen molar-refractivity contribution in [2.45, 2.75) is 32.1 Å². The Morgan fingerprint density at radius 3 is 2.38 bits per heavy atom. The standard InChI is InChI=1S/C9H19NO2S/c1-7(2)13-6-9(12)10(4)8(3)5-11/h7-8,11H,5-6H2,1-4H3. The molecular weight excluding hydrogens is 186 g/mol. The van der Waals surface area contributed by atoms with Crippen molar-refractivity contribution in [3.8, 4) is 0 Å². The third-order valence-corrected chi connectivity index (χ3v) is 2.94. The molecule has 3 nitrogen and oxygen atoms in total. The molecule has 0 bridgehead atoms. The Kier molecular flexibility index (Phi) is 6.16. The summed E-state index contributed by atoms with van der Waals surface area (Å²) >= 11 is 1.62. The molecule has 0 aliphatic carbocycles. The lowest BCUT2D eigenvalue weighted by molar-refractivity contribution is -0.129. The van der Waals surface area contributed by atoms with Gasteiger partial charge in [-0.05, 0) is 12.2 Å². The number of rotatable bonds is 5. The van der Waals surface area contributed by atoms with E-state index >= 15 is 0 Å². The lowest BCUT2D eigenvalue weighted by atomic mass is 10.3. The van der Waals surface area contributed by atoms with Gasteiger partial charge in [0.15, 0.2) is 0 Å². The highest BCUT2D eigenvalue weighted by Crippen LogP contribution is 2.10. The maximum Gasteiger partial charge on any atom is 0.232 e. The first-order chi connectivity index (χ1) is 5.99. The fourth-order valence-corrected chi connectivity index (χ4v) is 1.39. The van der Waals surface area contributed by atoms with E-state index < -0.39 is 0 Å². The molecule has 0 radical (unpaired) electrons. The molecule has 4 heteroatoms. The molecule has 0 aromatic heterocycles. The summed E-state index contributed by atoms with van der Waals surface area (Å²) < 4.78 is 0. The highest BCUT2D eigenvalue weighted by atomic mass is 32.2. The number of amides is 1. The van der Waals surface area contributed by atoms with Gasteiger partial charge in [0, 0.05) is 7.05 Å². The first-order valence-electron chi connectivity index (χ1n) is 4.47. The van der Waals surface area contributed by atoms with E-state index in [-0.39, 0.29) is 18.6 Å². The number of likely N-dealkylation sites (N-methyl/N-ethyl adjacent to an activating group) is 1. The van der Waals surface area contributed by atoms with E-state index in [0.717, 1.165) is 0 Å². The minimum Gasteiger partial charge on any atom is -0.394 e. The molecule has 0 aliphatic heterocycles. The first-order valence-corrected chi connectivity index (χ1v) is 5.52. The number of hydrogen-bond donors (Lipinski definition) is 1. The number of thioether (sulfide) groups is 1.